The molecule has 2 saturated heterocycles. The quantitative estimate of drug-likeness (QED) is 0.155. The van der Waals surface area contributed by atoms with E-state index in [2.05, 4.69) is 54.5 Å². The van der Waals surface area contributed by atoms with Crippen LogP contribution in [0.15, 0.2) is 11.6 Å². The van der Waals surface area contributed by atoms with Gasteiger partial charge in [-0.2, -0.15) is 0 Å². The fourth-order valence-electron chi connectivity index (χ4n) is 13.4. The number of carboxylic acids is 1. The van der Waals surface area contributed by atoms with Gasteiger partial charge in [0.15, 0.2) is 12.6 Å². The lowest BCUT2D eigenvalue weighted by molar-refractivity contribution is -0.367. The third-order valence-electron chi connectivity index (χ3n) is 16.9. The molecule has 2 aliphatic heterocycles. The molecule has 5 aliphatic carbocycles. The molecule has 12 heteroatoms. The molecular weight excluding hydrogens is 684 g/mol. The second-order valence-corrected chi connectivity index (χ2v) is 20.2. The van der Waals surface area contributed by atoms with Gasteiger partial charge in [0, 0.05) is 0 Å². The maximum absolute atomic E-state index is 13.0. The van der Waals surface area contributed by atoms with Crippen LogP contribution >= 0.6 is 0 Å². The average molecular weight is 751 g/mol. The minimum atomic E-state index is -1.69. The van der Waals surface area contributed by atoms with Gasteiger partial charge in [-0.15, -0.1) is 0 Å². The molecule has 0 radical (unpaired) electrons. The van der Waals surface area contributed by atoms with Crippen LogP contribution in [0.5, 0.6) is 0 Å². The van der Waals surface area contributed by atoms with Gasteiger partial charge in [0.1, 0.15) is 42.7 Å². The molecule has 7 N–H and O–H groups in total. The first-order valence-corrected chi connectivity index (χ1v) is 20.2. The van der Waals surface area contributed by atoms with Crippen molar-refractivity contribution in [3.8, 4) is 0 Å². The van der Waals surface area contributed by atoms with Crippen LogP contribution in [0.1, 0.15) is 113 Å². The van der Waals surface area contributed by atoms with E-state index in [0.29, 0.717) is 11.8 Å². The van der Waals surface area contributed by atoms with Crippen molar-refractivity contribution >= 4 is 5.97 Å². The summed E-state index contributed by atoms with van der Waals surface area (Å²) in [5.74, 6) is 0.147. The fraction of sp³-hybridized carbons (Fsp3) is 0.927. The Kier molecular flexibility index (Phi) is 10.2. The summed E-state index contributed by atoms with van der Waals surface area (Å²) < 4.78 is 24.3. The number of carboxylic acid groups (broad SMARTS) is 1. The molecule has 0 amide bonds. The molecule has 4 saturated carbocycles. The third-order valence-corrected chi connectivity index (χ3v) is 16.9. The van der Waals surface area contributed by atoms with Crippen molar-refractivity contribution in [3.05, 3.63) is 11.6 Å². The Bertz CT molecular complexity index is 1430. The maximum atomic E-state index is 13.0. The van der Waals surface area contributed by atoms with Crippen molar-refractivity contribution in [2.75, 3.05) is 13.2 Å². The average Bonchev–Trinajstić information content (AvgIpc) is 3.08. The van der Waals surface area contributed by atoms with Crippen molar-refractivity contribution in [1.29, 1.82) is 0 Å². The lowest BCUT2D eigenvalue weighted by Crippen LogP contribution is -2.66. The van der Waals surface area contributed by atoms with Crippen molar-refractivity contribution in [1.82, 2.24) is 0 Å². The monoisotopic (exact) mass is 750 g/mol. The molecule has 0 spiro atoms. The number of aliphatic hydroxyl groups excluding tert-OH is 6. The van der Waals surface area contributed by atoms with Crippen molar-refractivity contribution in [2.24, 2.45) is 50.2 Å². The smallest absolute Gasteiger partial charge is 0.310 e. The van der Waals surface area contributed by atoms with Gasteiger partial charge in [0.25, 0.3) is 0 Å². The van der Waals surface area contributed by atoms with E-state index in [4.69, 9.17) is 18.9 Å². The molecule has 0 aromatic heterocycles. The molecule has 0 aromatic rings. The van der Waals surface area contributed by atoms with Crippen molar-refractivity contribution in [3.63, 3.8) is 0 Å². The van der Waals surface area contributed by atoms with Gasteiger partial charge in [0.05, 0.1) is 24.7 Å². The molecule has 2 heterocycles. The molecule has 0 unspecified atom stereocenters. The molecule has 7 aliphatic rings. The van der Waals surface area contributed by atoms with Crippen LogP contribution < -0.4 is 0 Å². The van der Waals surface area contributed by atoms with Crippen LogP contribution in [0.2, 0.25) is 0 Å². The fourth-order valence-corrected chi connectivity index (χ4v) is 13.4. The summed E-state index contributed by atoms with van der Waals surface area (Å²) in [6.45, 7) is 15.7. The maximum Gasteiger partial charge on any atom is 0.310 e. The van der Waals surface area contributed by atoms with Crippen LogP contribution in [0.4, 0.5) is 0 Å². The molecule has 302 valence electrons. The lowest BCUT2D eigenvalue weighted by atomic mass is 9.33. The summed E-state index contributed by atoms with van der Waals surface area (Å²) in [6.07, 6.45) is -1.79. The Morgan fingerprint density at radius 1 is 0.811 bits per heavy atom. The zero-order valence-corrected chi connectivity index (χ0v) is 32.7. The highest BCUT2D eigenvalue weighted by molar-refractivity contribution is 5.76. The Hall–Kier alpha value is -1.19. The molecule has 7 rings (SSSR count). The van der Waals surface area contributed by atoms with E-state index in [-0.39, 0.29) is 45.7 Å². The molecule has 53 heavy (non-hydrogen) atoms. The normalized spacial score (nSPS) is 53.3. The van der Waals surface area contributed by atoms with Crippen molar-refractivity contribution in [2.45, 2.75) is 174 Å². The van der Waals surface area contributed by atoms with Gasteiger partial charge in [-0.3, -0.25) is 4.79 Å². The van der Waals surface area contributed by atoms with Gasteiger partial charge < -0.3 is 54.7 Å². The van der Waals surface area contributed by atoms with E-state index in [9.17, 15) is 40.5 Å². The van der Waals surface area contributed by atoms with E-state index in [1.54, 1.807) is 0 Å². The highest BCUT2D eigenvalue weighted by atomic mass is 16.8. The van der Waals surface area contributed by atoms with Crippen molar-refractivity contribution < 1.29 is 59.5 Å². The Labute approximate surface area is 314 Å². The van der Waals surface area contributed by atoms with Crippen LogP contribution in [0.3, 0.4) is 0 Å². The summed E-state index contributed by atoms with van der Waals surface area (Å²) in [5.41, 5.74) is 0.450. The molecule has 0 aromatic carbocycles. The zero-order chi connectivity index (χ0) is 38.7. The number of rotatable bonds is 6. The topological polar surface area (TPSA) is 196 Å². The van der Waals surface area contributed by atoms with E-state index < -0.39 is 73.3 Å². The zero-order valence-electron chi connectivity index (χ0n) is 32.7. The number of hydrogen-bond donors (Lipinski definition) is 7. The van der Waals surface area contributed by atoms with E-state index >= 15 is 0 Å². The van der Waals surface area contributed by atoms with Crippen LogP contribution in [0, 0.1) is 50.2 Å². The van der Waals surface area contributed by atoms with Gasteiger partial charge in [0.2, 0.25) is 0 Å². The highest BCUT2D eigenvalue weighted by Crippen LogP contribution is 2.76. The number of fused-ring (bicyclic) bond motifs is 7. The number of aliphatic hydroxyl groups is 6. The van der Waals surface area contributed by atoms with E-state index in [1.807, 2.05) is 0 Å². The Balaban J connectivity index is 1.13. The number of carbonyl (C=O) groups is 1. The standard InChI is InChI=1S/C41H66O12/c1-36(2)14-16-41(35(48)49)17-15-39(6)21(22(41)18-36)8-9-26-38(5)12-11-27(37(3,4)25(38)10-13-40(26,39)7)52-34-32(28(44)23(43)20-50-34)53-33-31(47)30(46)29(45)24(19-42)51-33/h8,22-34,42-47H,9-20H2,1-7H3,(H,48,49)/t22-,23-,24+,25-,26+,27-,28-,29-,30-,31+,32+,33-,34-,38-,39+,40+,41-/m0/s1. The SMILES string of the molecule is CC1(C)CC[C@]2(C(=O)O)CC[C@]3(C)C(=CC[C@@H]4[C@@]5(C)CC[C@H](O[C@@H]6OC[C@H](O)[C@H](O)[C@H]6O[C@@H]6O[C@H](CO)[C@H](O)[C@H](O)[C@H]6O)C(C)(C)[C@@H]5CC[C@]43C)[C@@H]2C1. The first-order chi connectivity index (χ1) is 24.7. The first kappa shape index (κ1) is 40.0. The highest BCUT2D eigenvalue weighted by Gasteiger charge is 2.69. The van der Waals surface area contributed by atoms with Gasteiger partial charge >= 0.3 is 5.97 Å². The molecule has 17 atom stereocenters. The van der Waals surface area contributed by atoms with E-state index in [1.165, 1.54) is 5.57 Å². The third kappa shape index (κ3) is 5.94. The molecule has 0 bridgehead atoms. The first-order valence-electron chi connectivity index (χ1n) is 20.2. The number of ether oxygens (including phenoxy) is 4. The summed E-state index contributed by atoms with van der Waals surface area (Å²) in [5, 5.41) is 73.3. The molecule has 6 fully saturated rings. The Morgan fingerprint density at radius 3 is 2.19 bits per heavy atom. The summed E-state index contributed by atoms with van der Waals surface area (Å²) in [6, 6.07) is 0. The largest absolute Gasteiger partial charge is 0.481 e. The lowest BCUT2D eigenvalue weighted by Gasteiger charge is -2.71. The summed E-state index contributed by atoms with van der Waals surface area (Å²) >= 11 is 0. The minimum absolute atomic E-state index is 0.00935. The van der Waals surface area contributed by atoms with Gasteiger partial charge in [-0.05, 0) is 109 Å². The van der Waals surface area contributed by atoms with Gasteiger partial charge in [-0.25, -0.2) is 0 Å². The van der Waals surface area contributed by atoms with Crippen LogP contribution in [-0.4, -0.2) is 116 Å². The summed E-state index contributed by atoms with van der Waals surface area (Å²) in [4.78, 5) is 13.0. The Morgan fingerprint density at radius 2 is 1.51 bits per heavy atom. The molecular formula is C41H66O12. The second-order valence-electron chi connectivity index (χ2n) is 20.2. The molecule has 12 nitrogen and oxygen atoms in total. The van der Waals surface area contributed by atoms with Crippen LogP contribution in [-0.2, 0) is 23.7 Å². The van der Waals surface area contributed by atoms with Crippen LogP contribution in [0.25, 0.3) is 0 Å². The number of allylic oxidation sites excluding steroid dienone is 2. The van der Waals surface area contributed by atoms with Gasteiger partial charge in [-0.1, -0.05) is 60.1 Å². The number of aliphatic carboxylic acids is 1. The minimum Gasteiger partial charge on any atom is -0.481 e. The van der Waals surface area contributed by atoms with E-state index in [0.717, 1.165) is 64.2 Å². The predicted molar refractivity (Wildman–Crippen MR) is 192 cm³/mol. The number of hydrogen-bond acceptors (Lipinski definition) is 11. The summed E-state index contributed by atoms with van der Waals surface area (Å²) in [7, 11) is 0. The predicted octanol–water partition coefficient (Wildman–Crippen LogP) is 3.52. The second kappa shape index (κ2) is 13.5.